The molecule has 1 amide bonds. The number of hydrogen-bond donors (Lipinski definition) is 2. The second-order valence-electron chi connectivity index (χ2n) is 11.4. The van der Waals surface area contributed by atoms with Crippen molar-refractivity contribution >= 4 is 25.3 Å². The summed E-state index contributed by atoms with van der Waals surface area (Å²) in [6.07, 6.45) is 1.34. The van der Waals surface area contributed by atoms with Gasteiger partial charge in [0, 0.05) is 12.5 Å². The summed E-state index contributed by atoms with van der Waals surface area (Å²) in [4.78, 5) is 24.3. The Hall–Kier alpha value is -3.88. The molecule has 0 saturated carbocycles. The maximum Gasteiger partial charge on any atom is 0.492 e. The first kappa shape index (κ1) is 27.7. The Morgan fingerprint density at radius 3 is 2.08 bits per heavy atom. The fourth-order valence-corrected chi connectivity index (χ4v) is 5.19. The highest BCUT2D eigenvalue weighted by Gasteiger charge is 2.52. The molecule has 40 heavy (non-hydrogen) atoms. The first-order chi connectivity index (χ1) is 19.0. The molecule has 2 N–H and O–H groups in total. The van der Waals surface area contributed by atoms with Crippen molar-refractivity contribution in [3.63, 3.8) is 0 Å². The van der Waals surface area contributed by atoms with E-state index in [-0.39, 0.29) is 24.6 Å². The topological polar surface area (TPSA) is 94.1 Å². The van der Waals surface area contributed by atoms with Gasteiger partial charge in [0.05, 0.1) is 16.8 Å². The van der Waals surface area contributed by atoms with Crippen LogP contribution in [0, 0.1) is 6.92 Å². The molecule has 3 aromatic rings. The zero-order valence-electron chi connectivity index (χ0n) is 23.5. The second-order valence-corrected chi connectivity index (χ2v) is 11.4. The summed E-state index contributed by atoms with van der Waals surface area (Å²) >= 11 is 0. The average Bonchev–Trinajstić information content (AvgIpc) is 3.34. The van der Waals surface area contributed by atoms with Crippen molar-refractivity contribution in [2.75, 3.05) is 13.2 Å². The van der Waals surface area contributed by atoms with E-state index in [1.54, 1.807) is 18.2 Å². The Bertz CT molecular complexity index is 1430. The maximum absolute atomic E-state index is 12.9. The third-order valence-electron chi connectivity index (χ3n) is 8.19. The number of amides is 1. The number of hydrogen-bond acceptors (Lipinski definition) is 5. The molecule has 1 heterocycles. The van der Waals surface area contributed by atoms with Gasteiger partial charge >= 0.3 is 19.2 Å². The molecule has 1 saturated heterocycles. The van der Waals surface area contributed by atoms with Crippen LogP contribution in [0.25, 0.3) is 17.2 Å². The number of nitrogens with one attached hydrogen (secondary N) is 1. The molecule has 0 radical (unpaired) electrons. The molecule has 3 aromatic carbocycles. The zero-order valence-corrected chi connectivity index (χ0v) is 23.5. The van der Waals surface area contributed by atoms with Gasteiger partial charge in [0.2, 0.25) is 0 Å². The highest BCUT2D eigenvalue weighted by molar-refractivity contribution is 6.56. The second kappa shape index (κ2) is 10.6. The molecule has 0 spiro atoms. The quantitative estimate of drug-likeness (QED) is 0.345. The molecule has 0 aromatic heterocycles. The van der Waals surface area contributed by atoms with Gasteiger partial charge in [-0.15, -0.1) is 0 Å². The molecule has 0 unspecified atom stereocenters. The van der Waals surface area contributed by atoms with Gasteiger partial charge in [-0.05, 0) is 85.6 Å². The highest BCUT2D eigenvalue weighted by Crippen LogP contribution is 2.44. The molecule has 0 atom stereocenters. The molecular weight excluding hydrogens is 505 g/mol. The van der Waals surface area contributed by atoms with Crippen LogP contribution in [0.4, 0.5) is 4.79 Å². The molecule has 8 heteroatoms. The lowest BCUT2D eigenvalue weighted by molar-refractivity contribution is 0.00578. The summed E-state index contributed by atoms with van der Waals surface area (Å²) in [6.45, 7) is 10.1. The number of benzene rings is 3. The normalized spacial score (nSPS) is 17.3. The number of aromatic carboxylic acids is 1. The summed E-state index contributed by atoms with van der Waals surface area (Å²) in [6, 6.07) is 21.3. The van der Waals surface area contributed by atoms with E-state index in [0.29, 0.717) is 5.47 Å². The minimum Gasteiger partial charge on any atom is -0.478 e. The van der Waals surface area contributed by atoms with Crippen molar-refractivity contribution in [2.24, 2.45) is 0 Å². The van der Waals surface area contributed by atoms with E-state index in [1.165, 1.54) is 11.1 Å². The zero-order chi connectivity index (χ0) is 28.7. The lowest BCUT2D eigenvalue weighted by atomic mass is 9.76. The van der Waals surface area contributed by atoms with Gasteiger partial charge in [-0.25, -0.2) is 9.59 Å². The largest absolute Gasteiger partial charge is 0.492 e. The fourth-order valence-electron chi connectivity index (χ4n) is 5.19. The van der Waals surface area contributed by atoms with Gasteiger partial charge in [0.15, 0.2) is 0 Å². The number of alkyl carbamates (subject to hydrolysis) is 1. The Labute approximate surface area is 235 Å². The summed E-state index contributed by atoms with van der Waals surface area (Å²) in [7, 11) is -0.697. The Morgan fingerprint density at radius 1 is 0.950 bits per heavy atom. The molecular formula is C32H34BNO6. The first-order valence-electron chi connectivity index (χ1n) is 13.5. The number of carbonyl (C=O) groups excluding carboxylic acids is 1. The minimum atomic E-state index is -0.985. The summed E-state index contributed by atoms with van der Waals surface area (Å²) in [5, 5.41) is 12.2. The molecule has 7 nitrogen and oxygen atoms in total. The van der Waals surface area contributed by atoms with Gasteiger partial charge in [0.25, 0.3) is 0 Å². The van der Waals surface area contributed by atoms with Gasteiger partial charge in [-0.3, -0.25) is 0 Å². The van der Waals surface area contributed by atoms with Crippen molar-refractivity contribution in [2.45, 2.75) is 51.7 Å². The fraction of sp³-hybridized carbons (Fsp3) is 0.312. The Kier molecular flexibility index (Phi) is 7.33. The Balaban J connectivity index is 1.32. The van der Waals surface area contributed by atoms with Gasteiger partial charge < -0.3 is 24.5 Å². The van der Waals surface area contributed by atoms with Crippen LogP contribution in [0.15, 0.2) is 72.2 Å². The summed E-state index contributed by atoms with van der Waals surface area (Å²) < 4.78 is 18.3. The van der Waals surface area contributed by atoms with E-state index in [0.717, 1.165) is 22.3 Å². The third kappa shape index (κ3) is 5.29. The van der Waals surface area contributed by atoms with E-state index in [1.807, 2.05) is 65.0 Å². The monoisotopic (exact) mass is 539 g/mol. The molecule has 5 rings (SSSR count). The molecule has 1 aliphatic carbocycles. The molecule has 0 bridgehead atoms. The smallest absolute Gasteiger partial charge is 0.478 e. The van der Waals surface area contributed by atoms with Crippen LogP contribution in [0.5, 0.6) is 0 Å². The predicted octanol–water partition coefficient (Wildman–Crippen LogP) is 6.25. The van der Waals surface area contributed by atoms with Crippen LogP contribution in [0.3, 0.4) is 0 Å². The first-order valence-corrected chi connectivity index (χ1v) is 13.5. The average molecular weight is 539 g/mol. The molecule has 206 valence electrons. The van der Waals surface area contributed by atoms with Gasteiger partial charge in [0.1, 0.15) is 6.61 Å². The minimum absolute atomic E-state index is 0.0355. The van der Waals surface area contributed by atoms with Crippen LogP contribution in [0.2, 0.25) is 0 Å². The van der Waals surface area contributed by atoms with Crippen molar-refractivity contribution < 1.29 is 28.7 Å². The highest BCUT2D eigenvalue weighted by atomic mass is 16.7. The predicted molar refractivity (Wildman–Crippen MR) is 155 cm³/mol. The Morgan fingerprint density at radius 2 is 1.52 bits per heavy atom. The molecule has 1 aliphatic heterocycles. The van der Waals surface area contributed by atoms with Crippen molar-refractivity contribution in [1.29, 1.82) is 0 Å². The lowest BCUT2D eigenvalue weighted by Gasteiger charge is -2.32. The van der Waals surface area contributed by atoms with Gasteiger partial charge in [-0.1, -0.05) is 60.7 Å². The number of carboxylic acids is 1. The summed E-state index contributed by atoms with van der Waals surface area (Å²) in [5.74, 6) is -1.02. The van der Waals surface area contributed by atoms with Crippen LogP contribution in [-0.2, 0) is 14.0 Å². The maximum atomic E-state index is 12.9. The number of aryl methyl sites for hydroxylation is 1. The molecule has 1 fully saturated rings. The number of carboxylic acid groups (broad SMARTS) is 1. The number of rotatable bonds is 7. The van der Waals surface area contributed by atoms with E-state index in [9.17, 15) is 14.7 Å². The molecule has 2 aliphatic rings. The SMILES string of the molecule is Cc1cc(C(=O)O)ccc1C=C(CNC(=O)OCC1c2ccccc2-c2ccccc21)B1OC(C)(C)C(C)(C)O1. The van der Waals surface area contributed by atoms with E-state index >= 15 is 0 Å². The summed E-state index contributed by atoms with van der Waals surface area (Å²) in [5.41, 5.74) is 6.00. The van der Waals surface area contributed by atoms with Crippen molar-refractivity contribution in [3.05, 3.63) is 100 Å². The van der Waals surface area contributed by atoms with Crippen LogP contribution in [0.1, 0.15) is 66.2 Å². The standard InChI is InChI=1S/C32H34BNO6/c1-20-16-22(29(35)36)15-14-21(20)17-23(33-39-31(2,3)32(4,5)40-33)18-34-30(37)38-19-28-26-12-8-6-10-24(26)25-11-7-9-13-27(25)28/h6-17,28H,18-19H2,1-5H3,(H,34,37)(H,35,36). The van der Waals surface area contributed by atoms with Crippen molar-refractivity contribution in [3.8, 4) is 11.1 Å². The van der Waals surface area contributed by atoms with Crippen molar-refractivity contribution in [1.82, 2.24) is 5.32 Å². The van der Waals surface area contributed by atoms with E-state index in [4.69, 9.17) is 14.0 Å². The number of fused-ring (bicyclic) bond motifs is 3. The van der Waals surface area contributed by atoms with Gasteiger partial charge in [-0.2, -0.15) is 0 Å². The van der Waals surface area contributed by atoms with Crippen LogP contribution >= 0.6 is 0 Å². The van der Waals surface area contributed by atoms with E-state index in [2.05, 4.69) is 29.6 Å². The van der Waals surface area contributed by atoms with Crippen LogP contribution < -0.4 is 5.32 Å². The van der Waals surface area contributed by atoms with Crippen LogP contribution in [-0.4, -0.2) is 48.6 Å². The van der Waals surface area contributed by atoms with E-state index < -0.39 is 30.4 Å². The lowest BCUT2D eigenvalue weighted by Crippen LogP contribution is -2.41. The third-order valence-corrected chi connectivity index (χ3v) is 8.19. The number of ether oxygens (including phenoxy) is 1. The number of carbonyl (C=O) groups is 2.